The molecule has 1 atom stereocenters. The average Bonchev–Trinajstić information content (AvgIpc) is 2.69. The molecule has 2 aromatic rings. The number of aromatic nitrogens is 3. The summed E-state index contributed by atoms with van der Waals surface area (Å²) in [4.78, 5) is 15.7. The van der Waals surface area contributed by atoms with Crippen LogP contribution in [0.5, 0.6) is 0 Å². The van der Waals surface area contributed by atoms with E-state index < -0.39 is 6.04 Å². The first-order valence-corrected chi connectivity index (χ1v) is 6.03. The molecule has 6 heteroatoms. The lowest BCUT2D eigenvalue weighted by Gasteiger charge is -2.08. The van der Waals surface area contributed by atoms with Gasteiger partial charge in [-0.15, -0.1) is 0 Å². The van der Waals surface area contributed by atoms with Gasteiger partial charge in [0.25, 0.3) is 0 Å². The van der Waals surface area contributed by atoms with Crippen molar-refractivity contribution in [3.63, 3.8) is 0 Å². The summed E-state index contributed by atoms with van der Waals surface area (Å²) < 4.78 is 1.76. The van der Waals surface area contributed by atoms with Gasteiger partial charge in [-0.2, -0.15) is 5.10 Å². The van der Waals surface area contributed by atoms with Crippen molar-refractivity contribution in [1.82, 2.24) is 14.8 Å². The molecule has 0 saturated carbocycles. The van der Waals surface area contributed by atoms with Crippen LogP contribution in [0.1, 0.15) is 18.3 Å². The Morgan fingerprint density at radius 3 is 2.63 bits per heavy atom. The van der Waals surface area contributed by atoms with E-state index >= 15 is 0 Å². The van der Waals surface area contributed by atoms with E-state index in [4.69, 9.17) is 5.73 Å². The molecule has 1 amide bonds. The van der Waals surface area contributed by atoms with Crippen LogP contribution in [0.25, 0.3) is 5.82 Å². The first-order chi connectivity index (χ1) is 8.97. The van der Waals surface area contributed by atoms with Crippen LogP contribution < -0.4 is 11.1 Å². The van der Waals surface area contributed by atoms with Crippen LogP contribution in [-0.4, -0.2) is 26.7 Å². The zero-order chi connectivity index (χ0) is 14.0. The summed E-state index contributed by atoms with van der Waals surface area (Å²) in [6.45, 7) is 5.53. The summed E-state index contributed by atoms with van der Waals surface area (Å²) in [7, 11) is 0. The number of rotatable bonds is 3. The molecule has 19 heavy (non-hydrogen) atoms. The molecule has 2 rings (SSSR count). The molecule has 1 unspecified atom stereocenters. The molecule has 0 radical (unpaired) electrons. The number of anilines is 1. The van der Waals surface area contributed by atoms with Gasteiger partial charge in [0, 0.05) is 5.69 Å². The molecule has 0 aliphatic carbocycles. The Bertz CT molecular complexity index is 586. The van der Waals surface area contributed by atoms with Crippen LogP contribution >= 0.6 is 0 Å². The number of nitrogens with two attached hydrogens (primary N) is 1. The summed E-state index contributed by atoms with van der Waals surface area (Å²) in [5.41, 5.74) is 8.05. The number of hydrogen-bond acceptors (Lipinski definition) is 4. The second kappa shape index (κ2) is 5.19. The maximum atomic E-state index is 11.4. The topological polar surface area (TPSA) is 85.8 Å². The maximum Gasteiger partial charge on any atom is 0.241 e. The van der Waals surface area contributed by atoms with Gasteiger partial charge in [-0.05, 0) is 39.0 Å². The van der Waals surface area contributed by atoms with E-state index in [0.29, 0.717) is 11.5 Å². The van der Waals surface area contributed by atoms with Crippen molar-refractivity contribution < 1.29 is 4.79 Å². The summed E-state index contributed by atoms with van der Waals surface area (Å²) in [5, 5.41) is 7.03. The second-order valence-electron chi connectivity index (χ2n) is 4.52. The highest BCUT2D eigenvalue weighted by Crippen LogP contribution is 2.12. The van der Waals surface area contributed by atoms with Crippen molar-refractivity contribution in [1.29, 1.82) is 0 Å². The molecule has 0 aromatic carbocycles. The number of pyridine rings is 1. The van der Waals surface area contributed by atoms with Crippen LogP contribution in [0.15, 0.2) is 24.4 Å². The van der Waals surface area contributed by atoms with Crippen molar-refractivity contribution in [2.45, 2.75) is 26.8 Å². The van der Waals surface area contributed by atoms with Gasteiger partial charge >= 0.3 is 0 Å². The van der Waals surface area contributed by atoms with Gasteiger partial charge in [0.2, 0.25) is 5.91 Å². The summed E-state index contributed by atoms with van der Waals surface area (Å²) in [5.74, 6) is 0.477. The summed E-state index contributed by atoms with van der Waals surface area (Å²) in [6.07, 6.45) is 1.59. The fourth-order valence-corrected chi connectivity index (χ4v) is 1.70. The third kappa shape index (κ3) is 2.97. The second-order valence-corrected chi connectivity index (χ2v) is 4.52. The number of carbonyl (C=O) groups is 1. The van der Waals surface area contributed by atoms with E-state index in [-0.39, 0.29) is 5.91 Å². The molecule has 2 heterocycles. The third-order valence-electron chi connectivity index (χ3n) is 2.66. The molecule has 3 N–H and O–H groups in total. The van der Waals surface area contributed by atoms with Crippen LogP contribution in [0.2, 0.25) is 0 Å². The average molecular weight is 259 g/mol. The predicted molar refractivity (Wildman–Crippen MR) is 73.1 cm³/mol. The molecule has 100 valence electrons. The van der Waals surface area contributed by atoms with Crippen molar-refractivity contribution >= 4 is 11.6 Å². The fourth-order valence-electron chi connectivity index (χ4n) is 1.70. The molecule has 0 fully saturated rings. The van der Waals surface area contributed by atoms with Gasteiger partial charge in [0.05, 0.1) is 23.6 Å². The third-order valence-corrected chi connectivity index (χ3v) is 2.66. The Kier molecular flexibility index (Phi) is 3.62. The minimum atomic E-state index is -0.546. The minimum Gasteiger partial charge on any atom is -0.323 e. The first kappa shape index (κ1) is 13.2. The van der Waals surface area contributed by atoms with E-state index in [1.807, 2.05) is 19.9 Å². The van der Waals surface area contributed by atoms with Crippen molar-refractivity contribution in [2.75, 3.05) is 5.32 Å². The van der Waals surface area contributed by atoms with E-state index in [9.17, 15) is 4.79 Å². The zero-order valence-electron chi connectivity index (χ0n) is 11.2. The quantitative estimate of drug-likeness (QED) is 0.866. The van der Waals surface area contributed by atoms with Gasteiger partial charge in [-0.1, -0.05) is 0 Å². The molecule has 0 bridgehead atoms. The number of nitrogens with one attached hydrogen (secondary N) is 1. The Labute approximate surface area is 111 Å². The highest BCUT2D eigenvalue weighted by molar-refractivity contribution is 5.94. The summed E-state index contributed by atoms with van der Waals surface area (Å²) >= 11 is 0. The van der Waals surface area contributed by atoms with Crippen molar-refractivity contribution in [3.8, 4) is 5.82 Å². The number of aryl methyl sites for hydroxylation is 2. The van der Waals surface area contributed by atoms with E-state index in [1.165, 1.54) is 0 Å². The lowest BCUT2D eigenvalue weighted by Crippen LogP contribution is -2.32. The lowest BCUT2D eigenvalue weighted by atomic mass is 10.3. The van der Waals surface area contributed by atoms with Crippen LogP contribution in [-0.2, 0) is 4.79 Å². The van der Waals surface area contributed by atoms with Crippen LogP contribution in [0.3, 0.4) is 0 Å². The van der Waals surface area contributed by atoms with E-state index in [0.717, 1.165) is 11.4 Å². The Morgan fingerprint density at radius 2 is 2.16 bits per heavy atom. The number of carbonyl (C=O) groups excluding carboxylic acids is 1. The first-order valence-electron chi connectivity index (χ1n) is 6.03. The monoisotopic (exact) mass is 259 g/mol. The zero-order valence-corrected chi connectivity index (χ0v) is 11.2. The Balaban J connectivity index is 2.19. The molecule has 0 aliphatic rings. The Morgan fingerprint density at radius 1 is 1.42 bits per heavy atom. The largest absolute Gasteiger partial charge is 0.323 e. The SMILES string of the molecule is Cc1cc(C)n(-c2ccc(NC(=O)C(C)N)cn2)n1. The van der Waals surface area contributed by atoms with Gasteiger partial charge in [-0.25, -0.2) is 9.67 Å². The lowest BCUT2D eigenvalue weighted by molar-refractivity contribution is -0.117. The van der Waals surface area contributed by atoms with Gasteiger partial charge in [-0.3, -0.25) is 4.79 Å². The maximum absolute atomic E-state index is 11.4. The molecular formula is C13H17N5O. The van der Waals surface area contributed by atoms with Gasteiger partial charge in [0.1, 0.15) is 0 Å². The van der Waals surface area contributed by atoms with Gasteiger partial charge in [0.15, 0.2) is 5.82 Å². The highest BCUT2D eigenvalue weighted by Gasteiger charge is 2.08. The van der Waals surface area contributed by atoms with Crippen LogP contribution in [0, 0.1) is 13.8 Å². The van der Waals surface area contributed by atoms with E-state index in [1.54, 1.807) is 29.9 Å². The smallest absolute Gasteiger partial charge is 0.241 e. The molecule has 2 aromatic heterocycles. The number of amides is 1. The minimum absolute atomic E-state index is 0.235. The molecule has 0 saturated heterocycles. The molecule has 6 nitrogen and oxygen atoms in total. The molecule has 0 aliphatic heterocycles. The Hall–Kier alpha value is -2.21. The predicted octanol–water partition coefficient (Wildman–Crippen LogP) is 1.17. The normalized spacial score (nSPS) is 12.2. The highest BCUT2D eigenvalue weighted by atomic mass is 16.2. The van der Waals surface area contributed by atoms with Crippen molar-refractivity contribution in [2.24, 2.45) is 5.73 Å². The standard InChI is InChI=1S/C13H17N5O/c1-8-6-9(2)18(17-8)12-5-4-11(7-15-12)16-13(19)10(3)14/h4-7,10H,14H2,1-3H3,(H,16,19). The fraction of sp³-hybridized carbons (Fsp3) is 0.308. The number of nitrogens with zero attached hydrogens (tertiary/aromatic N) is 3. The van der Waals surface area contributed by atoms with Crippen LogP contribution in [0.4, 0.5) is 5.69 Å². The molecule has 0 spiro atoms. The van der Waals surface area contributed by atoms with Gasteiger partial charge < -0.3 is 11.1 Å². The van der Waals surface area contributed by atoms with Crippen molar-refractivity contribution in [3.05, 3.63) is 35.8 Å². The molecular weight excluding hydrogens is 242 g/mol. The summed E-state index contributed by atoms with van der Waals surface area (Å²) in [6, 6.07) is 5.01. The van der Waals surface area contributed by atoms with E-state index in [2.05, 4.69) is 15.4 Å². The number of hydrogen-bond donors (Lipinski definition) is 2.